The van der Waals surface area contributed by atoms with Gasteiger partial charge >= 0.3 is 0 Å². The molecule has 2 aromatic rings. The van der Waals surface area contributed by atoms with Crippen molar-refractivity contribution in [1.29, 1.82) is 0 Å². The highest BCUT2D eigenvalue weighted by atomic mass is 19.1. The molecule has 6 heteroatoms. The minimum atomic E-state index is -0.584. The molecular formula is C14H18F2N4. The lowest BCUT2D eigenvalue weighted by Crippen LogP contribution is -2.19. The fourth-order valence-electron chi connectivity index (χ4n) is 1.88. The Bertz CT molecular complexity index is 546. The van der Waals surface area contributed by atoms with Crippen LogP contribution in [-0.4, -0.2) is 21.5 Å². The third kappa shape index (κ3) is 4.38. The van der Waals surface area contributed by atoms with Gasteiger partial charge in [0.1, 0.15) is 11.6 Å². The molecule has 2 rings (SSSR count). The molecule has 4 nitrogen and oxygen atoms in total. The van der Waals surface area contributed by atoms with Gasteiger partial charge in [0.15, 0.2) is 0 Å². The van der Waals surface area contributed by atoms with E-state index in [1.807, 2.05) is 0 Å². The van der Waals surface area contributed by atoms with Crippen molar-refractivity contribution in [3.63, 3.8) is 0 Å². The Morgan fingerprint density at radius 2 is 1.90 bits per heavy atom. The summed E-state index contributed by atoms with van der Waals surface area (Å²) < 4.78 is 27.7. The molecule has 1 aromatic carbocycles. The molecule has 0 amide bonds. The largest absolute Gasteiger partial charge is 0.311 e. The van der Waals surface area contributed by atoms with Crippen LogP contribution in [0.5, 0.6) is 0 Å². The van der Waals surface area contributed by atoms with Gasteiger partial charge in [0.2, 0.25) is 0 Å². The molecule has 1 N–H and O–H groups in total. The van der Waals surface area contributed by atoms with Crippen LogP contribution in [0.4, 0.5) is 8.78 Å². The second-order valence-electron chi connectivity index (χ2n) is 5.21. The minimum absolute atomic E-state index is 0.297. The molecule has 0 fully saturated rings. The predicted octanol–water partition coefficient (Wildman–Crippen LogP) is 2.35. The van der Waals surface area contributed by atoms with Crippen molar-refractivity contribution in [3.8, 4) is 0 Å². The Labute approximate surface area is 116 Å². The van der Waals surface area contributed by atoms with E-state index in [9.17, 15) is 8.78 Å². The maximum Gasteiger partial charge on any atom is 0.126 e. The summed E-state index contributed by atoms with van der Waals surface area (Å²) in [5.41, 5.74) is 1.33. The minimum Gasteiger partial charge on any atom is -0.311 e. The van der Waals surface area contributed by atoms with Gasteiger partial charge in [-0.15, -0.1) is 5.10 Å². The van der Waals surface area contributed by atoms with Gasteiger partial charge in [0.25, 0.3) is 0 Å². The monoisotopic (exact) mass is 280 g/mol. The van der Waals surface area contributed by atoms with E-state index in [0.29, 0.717) is 24.6 Å². The molecule has 0 aliphatic rings. The fourth-order valence-corrected chi connectivity index (χ4v) is 1.88. The number of hydrogen-bond donors (Lipinski definition) is 1. The smallest absolute Gasteiger partial charge is 0.126 e. The van der Waals surface area contributed by atoms with Gasteiger partial charge in [-0.3, -0.25) is 0 Å². The zero-order valence-electron chi connectivity index (χ0n) is 11.6. The SMILES string of the molecule is CC(C)CNCc1cn(Cc2cc(F)cc(F)c2)nn1. The first-order valence-corrected chi connectivity index (χ1v) is 6.57. The second kappa shape index (κ2) is 6.56. The maximum atomic E-state index is 13.1. The van der Waals surface area contributed by atoms with Crippen molar-refractivity contribution < 1.29 is 8.78 Å². The summed E-state index contributed by atoms with van der Waals surface area (Å²) in [7, 11) is 0. The Hall–Kier alpha value is -1.82. The van der Waals surface area contributed by atoms with Gasteiger partial charge in [0.05, 0.1) is 18.4 Å². The lowest BCUT2D eigenvalue weighted by molar-refractivity contribution is 0.548. The highest BCUT2D eigenvalue weighted by molar-refractivity contribution is 5.18. The van der Waals surface area contributed by atoms with Crippen LogP contribution in [-0.2, 0) is 13.1 Å². The summed E-state index contributed by atoms with van der Waals surface area (Å²) in [6, 6.07) is 3.44. The summed E-state index contributed by atoms with van der Waals surface area (Å²) in [5, 5.41) is 11.2. The van der Waals surface area contributed by atoms with E-state index in [1.54, 1.807) is 10.9 Å². The lowest BCUT2D eigenvalue weighted by atomic mass is 10.2. The quantitative estimate of drug-likeness (QED) is 0.883. The zero-order valence-corrected chi connectivity index (χ0v) is 11.6. The van der Waals surface area contributed by atoms with Crippen molar-refractivity contribution in [2.75, 3.05) is 6.54 Å². The van der Waals surface area contributed by atoms with Gasteiger partial charge in [0, 0.05) is 12.6 Å². The molecule has 0 spiro atoms. The zero-order chi connectivity index (χ0) is 14.5. The molecule has 0 aliphatic carbocycles. The fraction of sp³-hybridized carbons (Fsp3) is 0.429. The number of nitrogens with one attached hydrogen (secondary N) is 1. The summed E-state index contributed by atoms with van der Waals surface area (Å²) in [6.07, 6.45) is 1.77. The normalized spacial score (nSPS) is 11.2. The number of aromatic nitrogens is 3. The Kier molecular flexibility index (Phi) is 4.79. The van der Waals surface area contributed by atoms with Crippen LogP contribution >= 0.6 is 0 Å². The molecular weight excluding hydrogens is 262 g/mol. The van der Waals surface area contributed by atoms with Crippen LogP contribution in [0.15, 0.2) is 24.4 Å². The lowest BCUT2D eigenvalue weighted by Gasteiger charge is -2.04. The summed E-state index contributed by atoms with van der Waals surface area (Å²) in [6.45, 7) is 6.09. The summed E-state index contributed by atoms with van der Waals surface area (Å²) in [4.78, 5) is 0. The highest BCUT2D eigenvalue weighted by Gasteiger charge is 2.05. The molecule has 0 radical (unpaired) electrons. The Balaban J connectivity index is 1.95. The van der Waals surface area contributed by atoms with Gasteiger partial charge in [-0.1, -0.05) is 19.1 Å². The first-order valence-electron chi connectivity index (χ1n) is 6.57. The van der Waals surface area contributed by atoms with Crippen molar-refractivity contribution in [3.05, 3.63) is 47.3 Å². The number of hydrogen-bond acceptors (Lipinski definition) is 3. The summed E-state index contributed by atoms with van der Waals surface area (Å²) in [5.74, 6) is -0.599. The average molecular weight is 280 g/mol. The van der Waals surface area contributed by atoms with E-state index >= 15 is 0 Å². The van der Waals surface area contributed by atoms with Gasteiger partial charge in [-0.25, -0.2) is 13.5 Å². The molecule has 0 unspecified atom stereocenters. The first kappa shape index (κ1) is 14.6. The van der Waals surface area contributed by atoms with Crippen molar-refractivity contribution in [2.24, 2.45) is 5.92 Å². The van der Waals surface area contributed by atoms with Crippen molar-refractivity contribution >= 4 is 0 Å². The Morgan fingerprint density at radius 1 is 1.20 bits per heavy atom. The van der Waals surface area contributed by atoms with Crippen LogP contribution in [0, 0.1) is 17.6 Å². The molecule has 0 saturated carbocycles. The van der Waals surface area contributed by atoms with E-state index in [-0.39, 0.29) is 0 Å². The van der Waals surface area contributed by atoms with Crippen molar-refractivity contribution in [2.45, 2.75) is 26.9 Å². The van der Waals surface area contributed by atoms with E-state index in [1.165, 1.54) is 12.1 Å². The van der Waals surface area contributed by atoms with Crippen LogP contribution in [0.2, 0.25) is 0 Å². The van der Waals surface area contributed by atoms with Crippen LogP contribution in [0.3, 0.4) is 0 Å². The number of nitrogens with zero attached hydrogens (tertiary/aromatic N) is 3. The van der Waals surface area contributed by atoms with E-state index in [2.05, 4.69) is 29.5 Å². The Morgan fingerprint density at radius 3 is 2.55 bits per heavy atom. The average Bonchev–Trinajstić information content (AvgIpc) is 2.74. The third-order valence-corrected chi connectivity index (χ3v) is 2.71. The van der Waals surface area contributed by atoms with Crippen LogP contribution < -0.4 is 5.32 Å². The van der Waals surface area contributed by atoms with E-state index in [0.717, 1.165) is 18.3 Å². The number of rotatable bonds is 6. The number of benzene rings is 1. The second-order valence-corrected chi connectivity index (χ2v) is 5.21. The predicted molar refractivity (Wildman–Crippen MR) is 72.0 cm³/mol. The standard InChI is InChI=1S/C14H18F2N4/c1-10(2)6-17-7-14-9-20(19-18-14)8-11-3-12(15)5-13(16)4-11/h3-5,9-10,17H,6-8H2,1-2H3. The highest BCUT2D eigenvalue weighted by Crippen LogP contribution is 2.09. The van der Waals surface area contributed by atoms with Gasteiger partial charge in [-0.05, 0) is 30.2 Å². The number of halogens is 2. The molecule has 0 aliphatic heterocycles. The molecule has 0 saturated heterocycles. The van der Waals surface area contributed by atoms with Crippen LogP contribution in [0.1, 0.15) is 25.1 Å². The molecule has 1 heterocycles. The maximum absolute atomic E-state index is 13.1. The molecule has 108 valence electrons. The topological polar surface area (TPSA) is 42.7 Å². The molecule has 0 bridgehead atoms. The van der Waals surface area contributed by atoms with Gasteiger partial charge in [-0.2, -0.15) is 0 Å². The molecule has 20 heavy (non-hydrogen) atoms. The van der Waals surface area contributed by atoms with Crippen molar-refractivity contribution in [1.82, 2.24) is 20.3 Å². The van der Waals surface area contributed by atoms with Gasteiger partial charge < -0.3 is 5.32 Å². The summed E-state index contributed by atoms with van der Waals surface area (Å²) >= 11 is 0. The third-order valence-electron chi connectivity index (χ3n) is 2.71. The van der Waals surface area contributed by atoms with E-state index < -0.39 is 11.6 Å². The van der Waals surface area contributed by atoms with Crippen LogP contribution in [0.25, 0.3) is 0 Å². The molecule has 0 atom stereocenters. The molecule has 1 aromatic heterocycles. The van der Waals surface area contributed by atoms with E-state index in [4.69, 9.17) is 0 Å². The first-order chi connectivity index (χ1) is 9.52.